The first-order valence-corrected chi connectivity index (χ1v) is 8.38. The lowest BCUT2D eigenvalue weighted by Crippen LogP contribution is -2.56. The van der Waals surface area contributed by atoms with Gasteiger partial charge in [0.15, 0.2) is 0 Å². The zero-order valence-corrected chi connectivity index (χ0v) is 15.3. The first kappa shape index (κ1) is 20.5. The van der Waals surface area contributed by atoms with Gasteiger partial charge in [-0.2, -0.15) is 0 Å². The predicted octanol–water partition coefficient (Wildman–Crippen LogP) is 2.35. The number of piperidine rings is 1. The quantitative estimate of drug-likeness (QED) is 0.853. The molecule has 1 saturated heterocycles. The molecule has 2 rings (SSSR count). The van der Waals surface area contributed by atoms with Crippen molar-refractivity contribution in [1.29, 1.82) is 0 Å². The molecule has 134 valence electrons. The van der Waals surface area contributed by atoms with Gasteiger partial charge in [0.25, 0.3) is 5.91 Å². The fourth-order valence-corrected chi connectivity index (χ4v) is 3.07. The number of nitrogens with two attached hydrogens (primary N) is 1. The number of amides is 2. The topological polar surface area (TPSA) is 75.4 Å². The number of halogens is 1. The highest BCUT2D eigenvalue weighted by Gasteiger charge is 2.34. The summed E-state index contributed by atoms with van der Waals surface area (Å²) in [5, 5.41) is 3.05. The molecule has 1 fully saturated rings. The zero-order chi connectivity index (χ0) is 16.9. The number of nitrogens with zero attached hydrogens (tertiary/aromatic N) is 1. The van der Waals surface area contributed by atoms with Crippen LogP contribution >= 0.6 is 12.4 Å². The van der Waals surface area contributed by atoms with Crippen LogP contribution in [0.2, 0.25) is 0 Å². The van der Waals surface area contributed by atoms with Crippen molar-refractivity contribution in [3.8, 4) is 0 Å². The fraction of sp³-hybridized carbons (Fsp3) is 0.556. The number of nitrogens with one attached hydrogen (secondary N) is 1. The van der Waals surface area contributed by atoms with Gasteiger partial charge in [0.2, 0.25) is 5.91 Å². The Morgan fingerprint density at radius 1 is 1.25 bits per heavy atom. The Bertz CT molecular complexity index is 540. The molecule has 3 N–H and O–H groups in total. The molecule has 1 aliphatic heterocycles. The molecule has 0 aromatic heterocycles. The number of benzene rings is 1. The Kier molecular flexibility index (Phi) is 7.70. The average Bonchev–Trinajstić information content (AvgIpc) is 2.55. The average molecular weight is 354 g/mol. The summed E-state index contributed by atoms with van der Waals surface area (Å²) in [4.78, 5) is 26.5. The van der Waals surface area contributed by atoms with Crippen LogP contribution in [0.15, 0.2) is 30.3 Å². The molecule has 1 aromatic rings. The SMILES string of the molecule is CCCC(C)(N)C(=O)N1CCC(NC(=O)c2ccccc2)CC1.Cl. The lowest BCUT2D eigenvalue weighted by Gasteiger charge is -2.37. The van der Waals surface area contributed by atoms with Gasteiger partial charge in [0.05, 0.1) is 5.54 Å². The van der Waals surface area contributed by atoms with E-state index in [1.165, 1.54) is 0 Å². The Hall–Kier alpha value is -1.59. The number of carbonyl (C=O) groups is 2. The molecule has 1 atom stereocenters. The maximum absolute atomic E-state index is 12.5. The van der Waals surface area contributed by atoms with Crippen molar-refractivity contribution >= 4 is 24.2 Å². The van der Waals surface area contributed by atoms with Crippen LogP contribution in [0.1, 0.15) is 49.9 Å². The van der Waals surface area contributed by atoms with Gasteiger partial charge in [0, 0.05) is 24.7 Å². The Balaban J connectivity index is 0.00000288. The molecule has 1 unspecified atom stereocenters. The second-order valence-corrected chi connectivity index (χ2v) is 6.57. The van der Waals surface area contributed by atoms with Gasteiger partial charge in [-0.15, -0.1) is 12.4 Å². The Morgan fingerprint density at radius 3 is 2.38 bits per heavy atom. The molecule has 24 heavy (non-hydrogen) atoms. The number of carbonyl (C=O) groups excluding carboxylic acids is 2. The van der Waals surface area contributed by atoms with E-state index in [9.17, 15) is 9.59 Å². The van der Waals surface area contributed by atoms with Crippen molar-refractivity contribution < 1.29 is 9.59 Å². The monoisotopic (exact) mass is 353 g/mol. The second-order valence-electron chi connectivity index (χ2n) is 6.57. The third-order valence-electron chi connectivity index (χ3n) is 4.41. The molecule has 0 bridgehead atoms. The van der Waals surface area contributed by atoms with Crippen molar-refractivity contribution in [2.24, 2.45) is 5.73 Å². The van der Waals surface area contributed by atoms with Crippen molar-refractivity contribution in [1.82, 2.24) is 10.2 Å². The molecular formula is C18H28ClN3O2. The van der Waals surface area contributed by atoms with Crippen molar-refractivity contribution in [2.45, 2.75) is 51.1 Å². The minimum atomic E-state index is -0.783. The van der Waals surface area contributed by atoms with E-state index < -0.39 is 5.54 Å². The molecule has 6 heteroatoms. The smallest absolute Gasteiger partial charge is 0.251 e. The number of hydrogen-bond donors (Lipinski definition) is 2. The standard InChI is InChI=1S/C18H27N3O2.ClH/c1-3-11-18(2,19)17(23)21-12-9-15(10-13-21)20-16(22)14-7-5-4-6-8-14;/h4-8,15H,3,9-13,19H2,1-2H3,(H,20,22);1H. The molecule has 2 amide bonds. The summed E-state index contributed by atoms with van der Waals surface area (Å²) in [6, 6.07) is 9.32. The maximum Gasteiger partial charge on any atom is 0.251 e. The fourth-order valence-electron chi connectivity index (χ4n) is 3.07. The highest BCUT2D eigenvalue weighted by Crippen LogP contribution is 2.18. The lowest BCUT2D eigenvalue weighted by molar-refractivity contribution is -0.137. The molecular weight excluding hydrogens is 326 g/mol. The minimum absolute atomic E-state index is 0. The van der Waals surface area contributed by atoms with Gasteiger partial charge < -0.3 is 16.0 Å². The number of hydrogen-bond acceptors (Lipinski definition) is 3. The van der Waals surface area contributed by atoms with E-state index in [-0.39, 0.29) is 30.3 Å². The summed E-state index contributed by atoms with van der Waals surface area (Å²) in [6.07, 6.45) is 3.12. The number of rotatable bonds is 5. The molecule has 1 aromatic carbocycles. The summed E-state index contributed by atoms with van der Waals surface area (Å²) >= 11 is 0. The first-order valence-electron chi connectivity index (χ1n) is 8.38. The van der Waals surface area contributed by atoms with E-state index in [1.54, 1.807) is 12.1 Å². The summed E-state index contributed by atoms with van der Waals surface area (Å²) in [7, 11) is 0. The number of likely N-dealkylation sites (tertiary alicyclic amines) is 1. The van der Waals surface area contributed by atoms with Crippen LogP contribution in [0.5, 0.6) is 0 Å². The highest BCUT2D eigenvalue weighted by molar-refractivity contribution is 5.94. The third kappa shape index (κ3) is 5.21. The van der Waals surface area contributed by atoms with Crippen LogP contribution in [-0.4, -0.2) is 41.4 Å². The van der Waals surface area contributed by atoms with Gasteiger partial charge in [-0.1, -0.05) is 31.5 Å². The van der Waals surface area contributed by atoms with Crippen LogP contribution in [0.25, 0.3) is 0 Å². The lowest BCUT2D eigenvalue weighted by atomic mass is 9.94. The van der Waals surface area contributed by atoms with E-state index in [0.717, 1.165) is 19.3 Å². The highest BCUT2D eigenvalue weighted by atomic mass is 35.5. The van der Waals surface area contributed by atoms with Crippen LogP contribution < -0.4 is 11.1 Å². The summed E-state index contributed by atoms with van der Waals surface area (Å²) < 4.78 is 0. The Morgan fingerprint density at radius 2 is 1.83 bits per heavy atom. The van der Waals surface area contributed by atoms with Gasteiger partial charge >= 0.3 is 0 Å². The summed E-state index contributed by atoms with van der Waals surface area (Å²) in [5.74, 6) is -0.0304. The van der Waals surface area contributed by atoms with E-state index >= 15 is 0 Å². The minimum Gasteiger partial charge on any atom is -0.349 e. The largest absolute Gasteiger partial charge is 0.349 e. The van der Waals surface area contributed by atoms with Crippen LogP contribution in [0.3, 0.4) is 0 Å². The Labute approximate surface area is 150 Å². The zero-order valence-electron chi connectivity index (χ0n) is 14.5. The van der Waals surface area contributed by atoms with Crippen molar-refractivity contribution in [3.63, 3.8) is 0 Å². The predicted molar refractivity (Wildman–Crippen MR) is 98.3 cm³/mol. The van der Waals surface area contributed by atoms with Crippen molar-refractivity contribution in [2.75, 3.05) is 13.1 Å². The normalized spacial score (nSPS) is 17.5. The van der Waals surface area contributed by atoms with E-state index in [4.69, 9.17) is 5.73 Å². The van der Waals surface area contributed by atoms with Gasteiger partial charge in [-0.3, -0.25) is 9.59 Å². The van der Waals surface area contributed by atoms with Crippen LogP contribution in [-0.2, 0) is 4.79 Å². The summed E-state index contributed by atoms with van der Waals surface area (Å²) in [6.45, 7) is 5.13. The molecule has 0 saturated carbocycles. The van der Waals surface area contributed by atoms with Crippen LogP contribution in [0, 0.1) is 0 Å². The van der Waals surface area contributed by atoms with E-state index in [2.05, 4.69) is 5.32 Å². The maximum atomic E-state index is 12.5. The van der Waals surface area contributed by atoms with Crippen molar-refractivity contribution in [3.05, 3.63) is 35.9 Å². The molecule has 0 aliphatic carbocycles. The van der Waals surface area contributed by atoms with E-state index in [1.807, 2.05) is 36.9 Å². The molecule has 0 radical (unpaired) electrons. The van der Waals surface area contributed by atoms with E-state index in [0.29, 0.717) is 25.1 Å². The molecule has 1 aliphatic rings. The summed E-state index contributed by atoms with van der Waals surface area (Å²) in [5.41, 5.74) is 6.02. The van der Waals surface area contributed by atoms with Gasteiger partial charge in [0.1, 0.15) is 0 Å². The molecule has 0 spiro atoms. The van der Waals surface area contributed by atoms with Crippen LogP contribution in [0.4, 0.5) is 0 Å². The van der Waals surface area contributed by atoms with Gasteiger partial charge in [-0.05, 0) is 38.3 Å². The van der Waals surface area contributed by atoms with Gasteiger partial charge in [-0.25, -0.2) is 0 Å². The molecule has 5 nitrogen and oxygen atoms in total. The second kappa shape index (κ2) is 9.04. The first-order chi connectivity index (χ1) is 10.9. The third-order valence-corrected chi connectivity index (χ3v) is 4.41. The molecule has 1 heterocycles.